The molecule has 0 radical (unpaired) electrons. The van der Waals surface area contributed by atoms with E-state index in [4.69, 9.17) is 11.6 Å². The molecule has 0 aliphatic rings. The van der Waals surface area contributed by atoms with Crippen LogP contribution in [0.1, 0.15) is 17.8 Å². The largest absolute Gasteiger partial charge is 0.348 e. The average Bonchev–Trinajstić information content (AvgIpc) is 3.31. The highest BCUT2D eigenvalue weighted by Gasteiger charge is 2.16. The summed E-state index contributed by atoms with van der Waals surface area (Å²) in [5.74, 6) is 0.953. The molecular weight excluding hydrogens is 400 g/mol. The predicted molar refractivity (Wildman–Crippen MR) is 112 cm³/mol. The molecule has 3 rings (SSSR count). The summed E-state index contributed by atoms with van der Waals surface area (Å²) in [5.41, 5.74) is 0.913. The number of thioether (sulfide) groups is 1. The lowest BCUT2D eigenvalue weighted by Crippen LogP contribution is -2.27. The normalized spacial score (nSPS) is 11.9. The fourth-order valence-corrected chi connectivity index (χ4v) is 4.14. The number of thiophene rings is 1. The van der Waals surface area contributed by atoms with E-state index < -0.39 is 0 Å². The molecular formula is C19H19ClN4OS2. The molecule has 2 heterocycles. The Morgan fingerprint density at radius 3 is 2.81 bits per heavy atom. The van der Waals surface area contributed by atoms with Gasteiger partial charge in [-0.3, -0.25) is 9.36 Å². The molecule has 3 aromatic rings. The maximum absolute atomic E-state index is 12.3. The molecule has 1 aromatic carbocycles. The Labute approximate surface area is 171 Å². The van der Waals surface area contributed by atoms with E-state index in [0.29, 0.717) is 16.7 Å². The summed E-state index contributed by atoms with van der Waals surface area (Å²) in [6, 6.07) is 11.4. The second-order valence-electron chi connectivity index (χ2n) is 5.81. The first-order chi connectivity index (χ1) is 13.1. The monoisotopic (exact) mass is 418 g/mol. The first-order valence-corrected chi connectivity index (χ1v) is 10.6. The molecule has 1 amide bonds. The smallest absolute Gasteiger partial charge is 0.230 e. The van der Waals surface area contributed by atoms with Crippen molar-refractivity contribution in [1.29, 1.82) is 0 Å². The quantitative estimate of drug-likeness (QED) is 0.421. The van der Waals surface area contributed by atoms with Crippen molar-refractivity contribution in [2.24, 2.45) is 0 Å². The van der Waals surface area contributed by atoms with Crippen LogP contribution in [0.3, 0.4) is 0 Å². The van der Waals surface area contributed by atoms with Crippen LogP contribution in [0.2, 0.25) is 5.02 Å². The second-order valence-corrected chi connectivity index (χ2v) is 8.16. The van der Waals surface area contributed by atoms with E-state index in [1.807, 2.05) is 53.3 Å². The van der Waals surface area contributed by atoms with Crippen molar-refractivity contribution >= 4 is 40.6 Å². The van der Waals surface area contributed by atoms with Crippen LogP contribution in [0.4, 0.5) is 0 Å². The minimum atomic E-state index is -0.0397. The van der Waals surface area contributed by atoms with Gasteiger partial charge in [0.25, 0.3) is 0 Å². The molecule has 1 N–H and O–H groups in total. The number of hydrogen-bond acceptors (Lipinski definition) is 5. The van der Waals surface area contributed by atoms with Gasteiger partial charge in [-0.2, -0.15) is 0 Å². The van der Waals surface area contributed by atoms with E-state index in [2.05, 4.69) is 22.1 Å². The Bertz CT molecular complexity index is 906. The SMILES string of the molecule is C=CCn1c(SCC(=O)N[C@@H](C)c2cccs2)nnc1-c1ccc(Cl)cc1. The third-order valence-corrected chi connectivity index (χ3v) is 6.08. The summed E-state index contributed by atoms with van der Waals surface area (Å²) in [7, 11) is 0. The van der Waals surface area contributed by atoms with Crippen LogP contribution in [0.15, 0.2) is 59.6 Å². The highest BCUT2D eigenvalue weighted by Crippen LogP contribution is 2.25. The van der Waals surface area contributed by atoms with E-state index >= 15 is 0 Å². The van der Waals surface area contributed by atoms with Crippen molar-refractivity contribution in [3.05, 3.63) is 64.3 Å². The molecule has 2 aromatic heterocycles. The Kier molecular flexibility index (Phi) is 6.71. The molecule has 0 aliphatic heterocycles. The van der Waals surface area contributed by atoms with Crippen molar-refractivity contribution in [2.75, 3.05) is 5.75 Å². The van der Waals surface area contributed by atoms with Gasteiger partial charge in [0, 0.05) is 22.0 Å². The van der Waals surface area contributed by atoms with Gasteiger partial charge in [-0.1, -0.05) is 35.5 Å². The lowest BCUT2D eigenvalue weighted by molar-refractivity contribution is -0.119. The average molecular weight is 419 g/mol. The Hall–Kier alpha value is -2.09. The molecule has 140 valence electrons. The van der Waals surface area contributed by atoms with Crippen LogP contribution in [0.5, 0.6) is 0 Å². The Balaban J connectivity index is 1.68. The van der Waals surface area contributed by atoms with Gasteiger partial charge < -0.3 is 5.32 Å². The zero-order valence-corrected chi connectivity index (χ0v) is 17.2. The van der Waals surface area contributed by atoms with Crippen LogP contribution < -0.4 is 5.32 Å². The zero-order chi connectivity index (χ0) is 19.2. The third kappa shape index (κ3) is 5.00. The van der Waals surface area contributed by atoms with E-state index in [9.17, 15) is 4.79 Å². The molecule has 0 unspecified atom stereocenters. The highest BCUT2D eigenvalue weighted by molar-refractivity contribution is 7.99. The number of rotatable bonds is 8. The highest BCUT2D eigenvalue weighted by atomic mass is 35.5. The van der Waals surface area contributed by atoms with Gasteiger partial charge in [-0.05, 0) is 42.6 Å². The minimum absolute atomic E-state index is 0.00577. The lowest BCUT2D eigenvalue weighted by Gasteiger charge is -2.12. The summed E-state index contributed by atoms with van der Waals surface area (Å²) in [6.45, 7) is 6.34. The van der Waals surface area contributed by atoms with Gasteiger partial charge in [0.15, 0.2) is 11.0 Å². The Morgan fingerprint density at radius 1 is 1.37 bits per heavy atom. The minimum Gasteiger partial charge on any atom is -0.348 e. The molecule has 0 saturated heterocycles. The van der Waals surface area contributed by atoms with Gasteiger partial charge in [0.05, 0.1) is 11.8 Å². The number of nitrogens with zero attached hydrogens (tertiary/aromatic N) is 3. The summed E-state index contributed by atoms with van der Waals surface area (Å²) in [6.07, 6.45) is 1.78. The van der Waals surface area contributed by atoms with E-state index in [1.54, 1.807) is 17.4 Å². The van der Waals surface area contributed by atoms with Gasteiger partial charge in [-0.15, -0.1) is 28.1 Å². The number of allylic oxidation sites excluding steroid dienone is 1. The van der Waals surface area contributed by atoms with Gasteiger partial charge >= 0.3 is 0 Å². The number of aromatic nitrogens is 3. The topological polar surface area (TPSA) is 59.8 Å². The van der Waals surface area contributed by atoms with Crippen LogP contribution in [-0.2, 0) is 11.3 Å². The fraction of sp³-hybridized carbons (Fsp3) is 0.211. The molecule has 0 fully saturated rings. The fourth-order valence-electron chi connectivity index (χ4n) is 2.52. The molecule has 0 aliphatic carbocycles. The van der Waals surface area contributed by atoms with Gasteiger partial charge in [-0.25, -0.2) is 0 Å². The van der Waals surface area contributed by atoms with Crippen molar-refractivity contribution in [3.63, 3.8) is 0 Å². The first-order valence-electron chi connectivity index (χ1n) is 8.34. The standard InChI is InChI=1S/C19H19ClN4OS2/c1-3-10-24-18(14-6-8-15(20)9-7-14)22-23-19(24)27-12-17(25)21-13(2)16-5-4-11-26-16/h3-9,11,13H,1,10,12H2,2H3,(H,21,25)/t13-/m0/s1. The van der Waals surface area contributed by atoms with E-state index in [0.717, 1.165) is 16.3 Å². The maximum atomic E-state index is 12.3. The number of amides is 1. The molecule has 8 heteroatoms. The molecule has 0 saturated carbocycles. The zero-order valence-electron chi connectivity index (χ0n) is 14.8. The van der Waals surface area contributed by atoms with Crippen LogP contribution in [0, 0.1) is 0 Å². The summed E-state index contributed by atoms with van der Waals surface area (Å²) >= 11 is 8.95. The number of halogens is 1. The maximum Gasteiger partial charge on any atom is 0.230 e. The summed E-state index contributed by atoms with van der Waals surface area (Å²) in [4.78, 5) is 13.4. The summed E-state index contributed by atoms with van der Waals surface area (Å²) in [5, 5.41) is 14.9. The number of carbonyl (C=O) groups excluding carboxylic acids is 1. The molecule has 0 bridgehead atoms. The number of hydrogen-bond donors (Lipinski definition) is 1. The van der Waals surface area contributed by atoms with E-state index in [1.165, 1.54) is 11.8 Å². The van der Waals surface area contributed by atoms with Crippen LogP contribution >= 0.6 is 34.7 Å². The van der Waals surface area contributed by atoms with Crippen LogP contribution in [0.25, 0.3) is 11.4 Å². The van der Waals surface area contributed by atoms with Crippen molar-refractivity contribution in [2.45, 2.75) is 24.7 Å². The Morgan fingerprint density at radius 2 is 2.15 bits per heavy atom. The second kappa shape index (κ2) is 9.21. The van der Waals surface area contributed by atoms with Crippen molar-refractivity contribution < 1.29 is 4.79 Å². The molecule has 5 nitrogen and oxygen atoms in total. The number of benzene rings is 1. The first kappa shape index (κ1) is 19.7. The summed E-state index contributed by atoms with van der Waals surface area (Å²) < 4.78 is 1.94. The molecule has 27 heavy (non-hydrogen) atoms. The van der Waals surface area contributed by atoms with Crippen molar-refractivity contribution in [1.82, 2.24) is 20.1 Å². The predicted octanol–water partition coefficient (Wildman–Crippen LogP) is 4.82. The van der Waals surface area contributed by atoms with Gasteiger partial charge in [0.1, 0.15) is 0 Å². The number of nitrogens with one attached hydrogen (secondary N) is 1. The number of carbonyl (C=O) groups is 1. The van der Waals surface area contributed by atoms with E-state index in [-0.39, 0.29) is 17.7 Å². The third-order valence-electron chi connectivity index (χ3n) is 3.81. The van der Waals surface area contributed by atoms with Crippen molar-refractivity contribution in [3.8, 4) is 11.4 Å². The lowest BCUT2D eigenvalue weighted by atomic mass is 10.2. The molecule has 0 spiro atoms. The van der Waals surface area contributed by atoms with Crippen LogP contribution in [-0.4, -0.2) is 26.4 Å². The van der Waals surface area contributed by atoms with Gasteiger partial charge in [0.2, 0.25) is 5.91 Å². The molecule has 1 atom stereocenters.